The van der Waals surface area contributed by atoms with Gasteiger partial charge in [0.15, 0.2) is 0 Å². The van der Waals surface area contributed by atoms with E-state index in [0.717, 1.165) is 42.9 Å². The molecule has 1 N–H and O–H groups in total. The predicted molar refractivity (Wildman–Crippen MR) is 88.5 cm³/mol. The van der Waals surface area contributed by atoms with Crippen molar-refractivity contribution in [3.63, 3.8) is 0 Å². The number of hydrogen-bond acceptors (Lipinski definition) is 3. The fourth-order valence-corrected chi connectivity index (χ4v) is 3.96. The normalized spacial score (nSPS) is 18.1. The standard InChI is InChI=1S/C17H22N2O2S/c1-12-9-16(17(21)18-7-3-5-14(18)11-20)13(2)19(12)10-15-6-4-8-22-15/h4,6,8-9,14,20H,3,5,7,10-11H2,1-2H3/t14-/m1/s1. The number of aryl methyl sites for hydroxylation is 1. The maximum Gasteiger partial charge on any atom is 0.256 e. The number of thiophene rings is 1. The van der Waals surface area contributed by atoms with Crippen LogP contribution in [0.1, 0.15) is 39.5 Å². The number of likely N-dealkylation sites (tertiary alicyclic amines) is 1. The third-order valence-corrected chi connectivity index (χ3v) is 5.41. The molecule has 0 saturated carbocycles. The Balaban J connectivity index is 1.87. The van der Waals surface area contributed by atoms with Gasteiger partial charge in [0, 0.05) is 22.8 Å². The van der Waals surface area contributed by atoms with Crippen LogP contribution < -0.4 is 0 Å². The van der Waals surface area contributed by atoms with Gasteiger partial charge in [-0.1, -0.05) is 6.07 Å². The molecule has 0 unspecified atom stereocenters. The molecule has 0 aliphatic carbocycles. The summed E-state index contributed by atoms with van der Waals surface area (Å²) in [6, 6.07) is 6.13. The van der Waals surface area contributed by atoms with Crippen LogP contribution in [-0.4, -0.2) is 39.7 Å². The minimum absolute atomic E-state index is 0.0205. The van der Waals surface area contributed by atoms with Crippen molar-refractivity contribution >= 4 is 17.2 Å². The minimum Gasteiger partial charge on any atom is -0.394 e. The van der Waals surface area contributed by atoms with Crippen molar-refractivity contribution in [3.05, 3.63) is 45.4 Å². The van der Waals surface area contributed by atoms with Crippen LogP contribution in [0.15, 0.2) is 23.6 Å². The third kappa shape index (κ3) is 2.71. The molecule has 1 saturated heterocycles. The van der Waals surface area contributed by atoms with Gasteiger partial charge in [-0.25, -0.2) is 0 Å². The van der Waals surface area contributed by atoms with E-state index in [1.54, 1.807) is 11.3 Å². The molecule has 1 aliphatic rings. The predicted octanol–water partition coefficient (Wildman–Crippen LogP) is 2.81. The molecule has 3 rings (SSSR count). The van der Waals surface area contributed by atoms with Crippen molar-refractivity contribution in [1.82, 2.24) is 9.47 Å². The molecule has 0 radical (unpaired) electrons. The molecule has 22 heavy (non-hydrogen) atoms. The lowest BCUT2D eigenvalue weighted by Gasteiger charge is -2.23. The van der Waals surface area contributed by atoms with Gasteiger partial charge in [0.05, 0.1) is 24.8 Å². The van der Waals surface area contributed by atoms with Crippen molar-refractivity contribution in [2.45, 2.75) is 39.3 Å². The lowest BCUT2D eigenvalue weighted by Crippen LogP contribution is -2.37. The Morgan fingerprint density at radius 2 is 2.27 bits per heavy atom. The molecule has 0 bridgehead atoms. The van der Waals surface area contributed by atoms with E-state index >= 15 is 0 Å². The second-order valence-corrected chi connectivity index (χ2v) is 6.96. The van der Waals surface area contributed by atoms with E-state index in [2.05, 4.69) is 22.1 Å². The summed E-state index contributed by atoms with van der Waals surface area (Å²) < 4.78 is 2.20. The first-order valence-corrected chi connectivity index (χ1v) is 8.60. The van der Waals surface area contributed by atoms with Crippen molar-refractivity contribution in [3.8, 4) is 0 Å². The smallest absolute Gasteiger partial charge is 0.256 e. The molecule has 1 atom stereocenters. The van der Waals surface area contributed by atoms with Crippen molar-refractivity contribution in [2.24, 2.45) is 0 Å². The lowest BCUT2D eigenvalue weighted by atomic mass is 10.2. The zero-order valence-corrected chi connectivity index (χ0v) is 13.9. The molecular formula is C17H22N2O2S. The summed E-state index contributed by atoms with van der Waals surface area (Å²) in [5.41, 5.74) is 2.89. The summed E-state index contributed by atoms with van der Waals surface area (Å²) in [7, 11) is 0. The zero-order valence-electron chi connectivity index (χ0n) is 13.1. The molecular weight excluding hydrogens is 296 g/mol. The number of rotatable bonds is 4. The van der Waals surface area contributed by atoms with E-state index in [0.29, 0.717) is 0 Å². The highest BCUT2D eigenvalue weighted by Crippen LogP contribution is 2.24. The topological polar surface area (TPSA) is 45.5 Å². The molecule has 5 heteroatoms. The Hall–Kier alpha value is -1.59. The zero-order chi connectivity index (χ0) is 15.7. The second kappa shape index (κ2) is 6.26. The van der Waals surface area contributed by atoms with Gasteiger partial charge in [0.1, 0.15) is 0 Å². The Bertz CT molecular complexity index is 661. The van der Waals surface area contributed by atoms with Crippen LogP contribution in [-0.2, 0) is 6.54 Å². The Kier molecular flexibility index (Phi) is 4.36. The number of nitrogens with zero attached hydrogens (tertiary/aromatic N) is 2. The fourth-order valence-electron chi connectivity index (χ4n) is 3.27. The quantitative estimate of drug-likeness (QED) is 0.942. The number of aromatic nitrogens is 1. The number of amides is 1. The number of carbonyl (C=O) groups is 1. The Morgan fingerprint density at radius 1 is 1.45 bits per heavy atom. The molecule has 2 aromatic heterocycles. The van der Waals surface area contributed by atoms with Gasteiger partial charge in [-0.05, 0) is 44.2 Å². The Labute approximate surface area is 135 Å². The highest BCUT2D eigenvalue weighted by Gasteiger charge is 2.30. The molecule has 118 valence electrons. The highest BCUT2D eigenvalue weighted by atomic mass is 32.1. The number of carbonyl (C=O) groups excluding carboxylic acids is 1. The number of aliphatic hydroxyl groups is 1. The Morgan fingerprint density at radius 3 is 2.95 bits per heavy atom. The molecule has 4 nitrogen and oxygen atoms in total. The van der Waals surface area contributed by atoms with E-state index < -0.39 is 0 Å². The third-order valence-electron chi connectivity index (χ3n) is 4.55. The first-order valence-electron chi connectivity index (χ1n) is 7.72. The van der Waals surface area contributed by atoms with Crippen LogP contribution in [0.3, 0.4) is 0 Å². The van der Waals surface area contributed by atoms with Gasteiger partial charge in [-0.2, -0.15) is 0 Å². The summed E-state index contributed by atoms with van der Waals surface area (Å²) in [5.74, 6) is 0.0575. The van der Waals surface area contributed by atoms with Gasteiger partial charge in [0.2, 0.25) is 0 Å². The maximum atomic E-state index is 12.8. The van der Waals surface area contributed by atoms with E-state index in [1.807, 2.05) is 24.8 Å². The van der Waals surface area contributed by atoms with Crippen LogP contribution in [0.2, 0.25) is 0 Å². The second-order valence-electron chi connectivity index (χ2n) is 5.93. The highest BCUT2D eigenvalue weighted by molar-refractivity contribution is 7.09. The van der Waals surface area contributed by atoms with Gasteiger partial charge >= 0.3 is 0 Å². The monoisotopic (exact) mass is 318 g/mol. The average Bonchev–Trinajstić information content (AvgIpc) is 3.23. The first kappa shape index (κ1) is 15.3. The van der Waals surface area contributed by atoms with E-state index in [-0.39, 0.29) is 18.6 Å². The van der Waals surface area contributed by atoms with Crippen LogP contribution in [0.25, 0.3) is 0 Å². The van der Waals surface area contributed by atoms with E-state index in [1.165, 1.54) is 4.88 Å². The summed E-state index contributed by atoms with van der Waals surface area (Å²) >= 11 is 1.73. The van der Waals surface area contributed by atoms with Gasteiger partial charge < -0.3 is 14.6 Å². The number of aliphatic hydroxyl groups excluding tert-OH is 1. The van der Waals surface area contributed by atoms with Crippen molar-refractivity contribution in [2.75, 3.05) is 13.2 Å². The average molecular weight is 318 g/mol. The summed E-state index contributed by atoms with van der Waals surface area (Å²) in [6.45, 7) is 5.67. The van der Waals surface area contributed by atoms with E-state index in [9.17, 15) is 9.90 Å². The molecule has 0 spiro atoms. The minimum atomic E-state index is -0.0205. The molecule has 3 heterocycles. The summed E-state index contributed by atoms with van der Waals surface area (Å²) in [4.78, 5) is 15.9. The summed E-state index contributed by atoms with van der Waals surface area (Å²) in [6.07, 6.45) is 1.88. The van der Waals surface area contributed by atoms with Crippen LogP contribution in [0.5, 0.6) is 0 Å². The molecule has 1 aliphatic heterocycles. The molecule has 0 aromatic carbocycles. The molecule has 1 amide bonds. The lowest BCUT2D eigenvalue weighted by molar-refractivity contribution is 0.0677. The summed E-state index contributed by atoms with van der Waals surface area (Å²) in [5, 5.41) is 11.5. The molecule has 1 fully saturated rings. The van der Waals surface area contributed by atoms with Crippen LogP contribution >= 0.6 is 11.3 Å². The van der Waals surface area contributed by atoms with Crippen LogP contribution in [0.4, 0.5) is 0 Å². The van der Waals surface area contributed by atoms with Gasteiger partial charge in [-0.3, -0.25) is 4.79 Å². The largest absolute Gasteiger partial charge is 0.394 e. The maximum absolute atomic E-state index is 12.8. The molecule has 2 aromatic rings. The van der Waals surface area contributed by atoms with Crippen molar-refractivity contribution < 1.29 is 9.90 Å². The SMILES string of the molecule is Cc1cc(C(=O)N2CCC[C@@H]2CO)c(C)n1Cc1cccs1. The van der Waals surface area contributed by atoms with Crippen molar-refractivity contribution in [1.29, 1.82) is 0 Å². The van der Waals surface area contributed by atoms with Gasteiger partial charge in [-0.15, -0.1) is 11.3 Å². The van der Waals surface area contributed by atoms with Crippen LogP contribution in [0, 0.1) is 13.8 Å². The number of hydrogen-bond donors (Lipinski definition) is 1. The fraction of sp³-hybridized carbons (Fsp3) is 0.471. The first-order chi connectivity index (χ1) is 10.6. The van der Waals surface area contributed by atoms with E-state index in [4.69, 9.17) is 0 Å². The van der Waals surface area contributed by atoms with Gasteiger partial charge in [0.25, 0.3) is 5.91 Å².